The van der Waals surface area contributed by atoms with E-state index < -0.39 is 5.54 Å². The number of thiophene rings is 1. The van der Waals surface area contributed by atoms with Gasteiger partial charge in [-0.25, -0.2) is 0 Å². The number of methoxy groups -OCH3 is 1. The van der Waals surface area contributed by atoms with Crippen LogP contribution in [0.1, 0.15) is 31.6 Å². The van der Waals surface area contributed by atoms with E-state index in [0.29, 0.717) is 6.54 Å². The van der Waals surface area contributed by atoms with Gasteiger partial charge in [-0.3, -0.25) is 10.1 Å². The number of ether oxygens (including phenoxy) is 1. The Morgan fingerprint density at radius 1 is 1.50 bits per heavy atom. The predicted octanol–water partition coefficient (Wildman–Crippen LogP) is 2.57. The standard InChI is InChI=1S/C12H19NO2S/c1-4-12(5-2,11(14)15-3)13-9-10-7-6-8-16-10/h6-8,13H,4-5,9H2,1-3H3. The molecule has 16 heavy (non-hydrogen) atoms. The van der Waals surface area contributed by atoms with Gasteiger partial charge in [-0.2, -0.15) is 0 Å². The fourth-order valence-electron chi connectivity index (χ4n) is 1.73. The number of esters is 1. The molecular weight excluding hydrogens is 222 g/mol. The first-order chi connectivity index (χ1) is 7.68. The quantitative estimate of drug-likeness (QED) is 0.778. The van der Waals surface area contributed by atoms with E-state index in [0.717, 1.165) is 12.8 Å². The lowest BCUT2D eigenvalue weighted by Crippen LogP contribution is -2.51. The number of carbonyl (C=O) groups excluding carboxylic acids is 1. The van der Waals surface area contributed by atoms with Crippen molar-refractivity contribution in [3.63, 3.8) is 0 Å². The molecule has 0 saturated heterocycles. The zero-order valence-corrected chi connectivity index (χ0v) is 10.9. The molecule has 0 amide bonds. The minimum absolute atomic E-state index is 0.172. The summed E-state index contributed by atoms with van der Waals surface area (Å²) in [5, 5.41) is 5.36. The van der Waals surface area contributed by atoms with E-state index >= 15 is 0 Å². The lowest BCUT2D eigenvalue weighted by molar-refractivity contribution is -0.149. The summed E-state index contributed by atoms with van der Waals surface area (Å²) >= 11 is 1.69. The fraction of sp³-hybridized carbons (Fsp3) is 0.583. The molecule has 4 heteroatoms. The van der Waals surface area contributed by atoms with Crippen LogP contribution >= 0.6 is 11.3 Å². The van der Waals surface area contributed by atoms with Crippen molar-refractivity contribution in [1.29, 1.82) is 0 Å². The van der Waals surface area contributed by atoms with Crippen LogP contribution in [-0.4, -0.2) is 18.6 Å². The highest BCUT2D eigenvalue weighted by Crippen LogP contribution is 2.19. The third kappa shape index (κ3) is 2.83. The van der Waals surface area contributed by atoms with E-state index in [4.69, 9.17) is 4.74 Å². The molecular formula is C12H19NO2S. The predicted molar refractivity (Wildman–Crippen MR) is 66.5 cm³/mol. The summed E-state index contributed by atoms with van der Waals surface area (Å²) in [5.41, 5.74) is -0.543. The lowest BCUT2D eigenvalue weighted by Gasteiger charge is -2.29. The van der Waals surface area contributed by atoms with Crippen molar-refractivity contribution in [2.45, 2.75) is 38.8 Å². The van der Waals surface area contributed by atoms with E-state index in [2.05, 4.69) is 11.4 Å². The second-order valence-electron chi connectivity index (χ2n) is 3.71. The van der Waals surface area contributed by atoms with Gasteiger partial charge in [0.1, 0.15) is 5.54 Å². The molecule has 1 aromatic rings. The second kappa shape index (κ2) is 6.01. The van der Waals surface area contributed by atoms with Crippen molar-refractivity contribution in [3.05, 3.63) is 22.4 Å². The normalized spacial score (nSPS) is 11.4. The monoisotopic (exact) mass is 241 g/mol. The van der Waals surface area contributed by atoms with Crippen molar-refractivity contribution < 1.29 is 9.53 Å². The van der Waals surface area contributed by atoms with Gasteiger partial charge < -0.3 is 4.74 Å². The topological polar surface area (TPSA) is 38.3 Å². The van der Waals surface area contributed by atoms with Crippen molar-refractivity contribution in [2.24, 2.45) is 0 Å². The van der Waals surface area contributed by atoms with E-state index in [-0.39, 0.29) is 5.97 Å². The van der Waals surface area contributed by atoms with E-state index in [9.17, 15) is 4.79 Å². The van der Waals surface area contributed by atoms with E-state index in [1.54, 1.807) is 11.3 Å². The van der Waals surface area contributed by atoms with Crippen LogP contribution in [0.15, 0.2) is 17.5 Å². The second-order valence-corrected chi connectivity index (χ2v) is 4.75. The van der Waals surface area contributed by atoms with Crippen molar-refractivity contribution in [1.82, 2.24) is 5.32 Å². The van der Waals surface area contributed by atoms with Crippen LogP contribution in [0, 0.1) is 0 Å². The Morgan fingerprint density at radius 3 is 2.62 bits per heavy atom. The van der Waals surface area contributed by atoms with Gasteiger partial charge in [0.2, 0.25) is 0 Å². The minimum atomic E-state index is -0.543. The van der Waals surface area contributed by atoms with Crippen LogP contribution in [0.5, 0.6) is 0 Å². The zero-order chi connectivity index (χ0) is 12.0. The van der Waals surface area contributed by atoms with Crippen LogP contribution in [0.3, 0.4) is 0 Å². The van der Waals surface area contributed by atoms with Crippen molar-refractivity contribution in [2.75, 3.05) is 7.11 Å². The first kappa shape index (κ1) is 13.2. The summed E-state index contributed by atoms with van der Waals surface area (Å²) in [6.45, 7) is 4.72. The molecule has 0 spiro atoms. The zero-order valence-electron chi connectivity index (χ0n) is 10.1. The third-order valence-electron chi connectivity index (χ3n) is 2.96. The van der Waals surface area contributed by atoms with E-state index in [1.807, 2.05) is 25.3 Å². The Balaban J connectivity index is 2.67. The SMILES string of the molecule is CCC(CC)(NCc1cccs1)C(=O)OC. The summed E-state index contributed by atoms with van der Waals surface area (Å²) in [6.07, 6.45) is 1.48. The Hall–Kier alpha value is -0.870. The summed E-state index contributed by atoms with van der Waals surface area (Å²) < 4.78 is 4.87. The smallest absolute Gasteiger partial charge is 0.326 e. The molecule has 0 radical (unpaired) electrons. The molecule has 0 aliphatic heterocycles. The number of rotatable bonds is 6. The highest BCUT2D eigenvalue weighted by Gasteiger charge is 2.35. The molecule has 0 aliphatic carbocycles. The number of hydrogen-bond donors (Lipinski definition) is 1. The Bertz CT molecular complexity index is 318. The average Bonchev–Trinajstić information content (AvgIpc) is 2.83. The van der Waals surface area contributed by atoms with Crippen LogP contribution in [0.4, 0.5) is 0 Å². The van der Waals surface area contributed by atoms with Crippen molar-refractivity contribution >= 4 is 17.3 Å². The van der Waals surface area contributed by atoms with E-state index in [1.165, 1.54) is 12.0 Å². The number of hydrogen-bond acceptors (Lipinski definition) is 4. The summed E-state index contributed by atoms with van der Waals surface area (Å²) in [4.78, 5) is 13.0. The highest BCUT2D eigenvalue weighted by atomic mass is 32.1. The van der Waals surface area contributed by atoms with Gasteiger partial charge in [0.15, 0.2) is 0 Å². The van der Waals surface area contributed by atoms with Gasteiger partial charge >= 0.3 is 5.97 Å². The van der Waals surface area contributed by atoms with Gasteiger partial charge in [0, 0.05) is 11.4 Å². The van der Waals surface area contributed by atoms with Crippen LogP contribution in [0.2, 0.25) is 0 Å². The summed E-state index contributed by atoms with van der Waals surface area (Å²) in [6, 6.07) is 4.07. The average molecular weight is 241 g/mol. The van der Waals surface area contributed by atoms with Gasteiger partial charge in [0.05, 0.1) is 7.11 Å². The Morgan fingerprint density at radius 2 is 2.19 bits per heavy atom. The van der Waals surface area contributed by atoms with Gasteiger partial charge in [0.25, 0.3) is 0 Å². The summed E-state index contributed by atoms with van der Waals surface area (Å²) in [7, 11) is 1.44. The van der Waals surface area contributed by atoms with Gasteiger partial charge in [-0.1, -0.05) is 19.9 Å². The maximum Gasteiger partial charge on any atom is 0.326 e. The maximum absolute atomic E-state index is 11.8. The molecule has 0 atom stereocenters. The largest absolute Gasteiger partial charge is 0.468 e. The van der Waals surface area contributed by atoms with Gasteiger partial charge in [-0.05, 0) is 24.3 Å². The molecule has 0 bridgehead atoms. The molecule has 3 nitrogen and oxygen atoms in total. The first-order valence-corrected chi connectivity index (χ1v) is 6.42. The highest BCUT2D eigenvalue weighted by molar-refractivity contribution is 7.09. The third-order valence-corrected chi connectivity index (χ3v) is 3.84. The molecule has 0 unspecified atom stereocenters. The summed E-state index contributed by atoms with van der Waals surface area (Å²) in [5.74, 6) is -0.172. The van der Waals surface area contributed by atoms with Crippen LogP contribution in [0.25, 0.3) is 0 Å². The molecule has 0 saturated carbocycles. The number of nitrogens with one attached hydrogen (secondary N) is 1. The van der Waals surface area contributed by atoms with Crippen LogP contribution in [-0.2, 0) is 16.1 Å². The first-order valence-electron chi connectivity index (χ1n) is 5.54. The van der Waals surface area contributed by atoms with Crippen molar-refractivity contribution in [3.8, 4) is 0 Å². The Kier molecular flexibility index (Phi) is 4.96. The molecule has 0 aromatic carbocycles. The molecule has 90 valence electrons. The van der Waals surface area contributed by atoms with Crippen LogP contribution < -0.4 is 5.32 Å². The molecule has 1 N–H and O–H groups in total. The molecule has 1 heterocycles. The van der Waals surface area contributed by atoms with Gasteiger partial charge in [-0.15, -0.1) is 11.3 Å². The molecule has 1 aromatic heterocycles. The minimum Gasteiger partial charge on any atom is -0.468 e. The maximum atomic E-state index is 11.8. The lowest BCUT2D eigenvalue weighted by atomic mass is 9.93. The molecule has 1 rings (SSSR count). The molecule has 0 aliphatic rings. The fourth-order valence-corrected chi connectivity index (χ4v) is 2.37. The molecule has 0 fully saturated rings. The number of carbonyl (C=O) groups is 1. The Labute approximate surface area is 101 Å².